The topological polar surface area (TPSA) is 62.7 Å². The van der Waals surface area contributed by atoms with Crippen LogP contribution in [-0.2, 0) is 49.8 Å². The molecule has 0 bridgehead atoms. The highest BCUT2D eigenvalue weighted by Crippen LogP contribution is 2.42. The highest BCUT2D eigenvalue weighted by molar-refractivity contribution is 5.47. The van der Waals surface area contributed by atoms with Crippen LogP contribution in [0.1, 0.15) is 59.6 Å². The number of rotatable bonds is 3. The first kappa shape index (κ1) is 19.6. The molecule has 4 aliphatic rings. The van der Waals surface area contributed by atoms with Crippen molar-refractivity contribution in [3.05, 3.63) is 64.2 Å². The fourth-order valence-corrected chi connectivity index (χ4v) is 5.33. The summed E-state index contributed by atoms with van der Waals surface area (Å²) in [4.78, 5) is 9.86. The average molecular weight is 421 g/mol. The van der Waals surface area contributed by atoms with Crippen LogP contribution in [0.5, 0.6) is 0 Å². The summed E-state index contributed by atoms with van der Waals surface area (Å²) in [6.45, 7) is 2.56. The Labute approximate surface area is 182 Å². The second-order valence-corrected chi connectivity index (χ2v) is 8.77. The summed E-state index contributed by atoms with van der Waals surface area (Å²) in [6, 6.07) is 8.56. The second-order valence-electron chi connectivity index (χ2n) is 8.77. The van der Waals surface area contributed by atoms with Gasteiger partial charge in [-0.1, -0.05) is 18.2 Å². The highest BCUT2D eigenvalue weighted by Gasteiger charge is 2.44. The van der Waals surface area contributed by atoms with Gasteiger partial charge in [0.1, 0.15) is 11.4 Å². The average Bonchev–Trinajstić information content (AvgIpc) is 3.46. The van der Waals surface area contributed by atoms with Crippen molar-refractivity contribution >= 4 is 6.08 Å². The van der Waals surface area contributed by atoms with Crippen molar-refractivity contribution in [1.29, 1.82) is 0 Å². The van der Waals surface area contributed by atoms with Gasteiger partial charge in [0.25, 0.3) is 0 Å². The number of hydrogen-bond donors (Lipinski definition) is 0. The van der Waals surface area contributed by atoms with E-state index in [1.165, 1.54) is 11.1 Å². The predicted molar refractivity (Wildman–Crippen MR) is 114 cm³/mol. The Kier molecular flexibility index (Phi) is 4.91. The maximum atomic E-state index is 6.00. The van der Waals surface area contributed by atoms with E-state index in [1.54, 1.807) is 0 Å². The minimum atomic E-state index is -0.632. The van der Waals surface area contributed by atoms with Crippen molar-refractivity contribution in [3.63, 3.8) is 0 Å². The molecule has 2 spiro atoms. The molecular formula is C25H28N2O4. The third-order valence-electron chi connectivity index (χ3n) is 6.79. The maximum Gasteiger partial charge on any atom is 0.212 e. The summed E-state index contributed by atoms with van der Waals surface area (Å²) in [5.74, 6) is -1.25. The van der Waals surface area contributed by atoms with Gasteiger partial charge >= 0.3 is 0 Å². The summed E-state index contributed by atoms with van der Waals surface area (Å²) in [7, 11) is 0. The molecule has 2 aromatic heterocycles. The number of aromatic nitrogens is 2. The highest BCUT2D eigenvalue weighted by atomic mass is 16.7. The molecule has 6 heteroatoms. The Bertz CT molecular complexity index is 1010. The molecule has 0 N–H and O–H groups in total. The zero-order valence-corrected chi connectivity index (χ0v) is 17.8. The summed E-state index contributed by atoms with van der Waals surface area (Å²) in [5, 5.41) is 0. The molecule has 2 aliphatic heterocycles. The zero-order chi connectivity index (χ0) is 20.7. The van der Waals surface area contributed by atoms with Crippen LogP contribution in [0.2, 0.25) is 0 Å². The van der Waals surface area contributed by atoms with Gasteiger partial charge in [0, 0.05) is 25.0 Å². The van der Waals surface area contributed by atoms with Gasteiger partial charge in [0.15, 0.2) is 0 Å². The van der Waals surface area contributed by atoms with Crippen molar-refractivity contribution in [2.45, 2.75) is 56.5 Å². The monoisotopic (exact) mass is 420 g/mol. The van der Waals surface area contributed by atoms with Gasteiger partial charge in [-0.2, -0.15) is 0 Å². The van der Waals surface area contributed by atoms with Gasteiger partial charge < -0.3 is 18.9 Å². The smallest absolute Gasteiger partial charge is 0.212 e. The molecule has 162 valence electrons. The van der Waals surface area contributed by atoms with Crippen LogP contribution < -0.4 is 0 Å². The van der Waals surface area contributed by atoms with Crippen LogP contribution >= 0.6 is 0 Å². The molecule has 2 saturated heterocycles. The minimum Gasteiger partial charge on any atom is -0.342 e. The van der Waals surface area contributed by atoms with Crippen molar-refractivity contribution in [1.82, 2.24) is 9.97 Å². The lowest BCUT2D eigenvalue weighted by molar-refractivity contribution is -0.178. The molecule has 2 fully saturated rings. The molecule has 0 radical (unpaired) electrons. The molecule has 0 unspecified atom stereocenters. The van der Waals surface area contributed by atoms with E-state index in [-0.39, 0.29) is 0 Å². The van der Waals surface area contributed by atoms with Crippen LogP contribution in [-0.4, -0.2) is 36.4 Å². The fraction of sp³-hybridized carbons (Fsp3) is 0.520. The van der Waals surface area contributed by atoms with Gasteiger partial charge in [-0.15, -0.1) is 0 Å². The molecule has 6 nitrogen and oxygen atoms in total. The van der Waals surface area contributed by atoms with E-state index in [2.05, 4.69) is 36.4 Å². The largest absolute Gasteiger partial charge is 0.342 e. The summed E-state index contributed by atoms with van der Waals surface area (Å²) < 4.78 is 24.0. The summed E-state index contributed by atoms with van der Waals surface area (Å²) in [6.07, 6.45) is 10.9. The van der Waals surface area contributed by atoms with E-state index in [4.69, 9.17) is 28.9 Å². The number of nitrogens with zero attached hydrogens (tertiary/aromatic N) is 2. The normalized spacial score (nSPS) is 23.5. The third kappa shape index (κ3) is 3.42. The summed E-state index contributed by atoms with van der Waals surface area (Å²) in [5.41, 5.74) is 6.38. The Morgan fingerprint density at radius 1 is 0.742 bits per heavy atom. The lowest BCUT2D eigenvalue weighted by Crippen LogP contribution is -2.33. The predicted octanol–water partition coefficient (Wildman–Crippen LogP) is 3.80. The minimum absolute atomic E-state index is 0.622. The number of fused-ring (bicyclic) bond motifs is 4. The van der Waals surface area contributed by atoms with Crippen LogP contribution in [0, 0.1) is 0 Å². The van der Waals surface area contributed by atoms with E-state index < -0.39 is 11.6 Å². The molecule has 31 heavy (non-hydrogen) atoms. The van der Waals surface area contributed by atoms with Crippen LogP contribution in [0.3, 0.4) is 0 Å². The lowest BCUT2D eigenvalue weighted by atomic mass is 9.90. The van der Waals surface area contributed by atoms with E-state index in [9.17, 15) is 0 Å². The van der Waals surface area contributed by atoms with Gasteiger partial charge in [-0.05, 0) is 55.0 Å². The molecular weight excluding hydrogens is 392 g/mol. The molecule has 0 amide bonds. The fourth-order valence-electron chi connectivity index (χ4n) is 5.33. The SMILES string of the molecule is C(=Cc1ccc2c(n1)C1(CCC2)OCCO1)Cc1ccc2c(n1)C1(CCC2)OCCO1. The molecule has 0 atom stereocenters. The molecule has 6 rings (SSSR count). The summed E-state index contributed by atoms with van der Waals surface area (Å²) >= 11 is 0. The van der Waals surface area contributed by atoms with Crippen LogP contribution in [0.4, 0.5) is 0 Å². The van der Waals surface area contributed by atoms with Crippen molar-refractivity contribution in [3.8, 4) is 0 Å². The van der Waals surface area contributed by atoms with E-state index in [0.29, 0.717) is 26.4 Å². The Morgan fingerprint density at radius 3 is 1.97 bits per heavy atom. The molecule has 0 saturated carbocycles. The Hall–Kier alpha value is -2.12. The van der Waals surface area contributed by atoms with Gasteiger partial charge in [-0.3, -0.25) is 4.98 Å². The first-order chi connectivity index (χ1) is 15.3. The Balaban J connectivity index is 1.22. The van der Waals surface area contributed by atoms with Gasteiger partial charge in [0.2, 0.25) is 11.6 Å². The standard InChI is InChI=1S/C25H28N2O4/c1(6-20-10-8-18-4-2-12-24(22(18)26-20)28-14-15-29-24)7-21-11-9-19-5-3-13-25(23(19)27-21)30-16-17-31-25/h1,6,8-11H,2-5,7,12-17H2. The zero-order valence-electron chi connectivity index (χ0n) is 17.8. The molecule has 2 aliphatic carbocycles. The number of aryl methyl sites for hydroxylation is 2. The lowest BCUT2D eigenvalue weighted by Gasteiger charge is -2.32. The number of pyridine rings is 2. The third-order valence-corrected chi connectivity index (χ3v) is 6.79. The first-order valence-corrected chi connectivity index (χ1v) is 11.5. The molecule has 4 heterocycles. The van der Waals surface area contributed by atoms with Gasteiger partial charge in [-0.25, -0.2) is 4.98 Å². The maximum absolute atomic E-state index is 6.00. The number of hydrogen-bond acceptors (Lipinski definition) is 6. The van der Waals surface area contributed by atoms with Crippen molar-refractivity contribution < 1.29 is 18.9 Å². The van der Waals surface area contributed by atoms with Crippen LogP contribution in [0.25, 0.3) is 6.08 Å². The Morgan fingerprint density at radius 2 is 1.32 bits per heavy atom. The van der Waals surface area contributed by atoms with E-state index >= 15 is 0 Å². The molecule has 0 aromatic carbocycles. The van der Waals surface area contributed by atoms with Crippen molar-refractivity contribution in [2.24, 2.45) is 0 Å². The van der Waals surface area contributed by atoms with Gasteiger partial charge in [0.05, 0.1) is 32.1 Å². The molecule has 2 aromatic rings. The first-order valence-electron chi connectivity index (χ1n) is 11.5. The van der Waals surface area contributed by atoms with Crippen molar-refractivity contribution in [2.75, 3.05) is 26.4 Å². The number of allylic oxidation sites excluding steroid dienone is 1. The number of ether oxygens (including phenoxy) is 4. The van der Waals surface area contributed by atoms with Crippen LogP contribution in [0.15, 0.2) is 30.3 Å². The van der Waals surface area contributed by atoms with E-state index in [0.717, 1.165) is 67.7 Å². The van der Waals surface area contributed by atoms with E-state index in [1.807, 2.05) is 0 Å². The quantitative estimate of drug-likeness (QED) is 0.753. The second kappa shape index (κ2) is 7.78.